The normalized spacial score (nSPS) is 22.8. The zero-order chi connectivity index (χ0) is 11.1. The van der Waals surface area contributed by atoms with E-state index < -0.39 is 0 Å². The quantitative estimate of drug-likeness (QED) is 0.678. The van der Waals surface area contributed by atoms with Gasteiger partial charge in [0.15, 0.2) is 11.5 Å². The minimum atomic E-state index is -0.0309. The van der Waals surface area contributed by atoms with Gasteiger partial charge in [-0.15, -0.1) is 0 Å². The Morgan fingerprint density at radius 3 is 2.94 bits per heavy atom. The summed E-state index contributed by atoms with van der Waals surface area (Å²) in [6.45, 7) is 7.16. The Morgan fingerprint density at radius 1 is 1.31 bits per heavy atom. The molecule has 3 nitrogen and oxygen atoms in total. The van der Waals surface area contributed by atoms with Crippen molar-refractivity contribution in [2.75, 3.05) is 13.4 Å². The van der Waals surface area contributed by atoms with Gasteiger partial charge >= 0.3 is 0 Å². The van der Waals surface area contributed by atoms with E-state index in [4.69, 9.17) is 14.2 Å². The topological polar surface area (TPSA) is 27.7 Å². The van der Waals surface area contributed by atoms with Gasteiger partial charge in [0, 0.05) is 5.56 Å². The molecule has 2 heterocycles. The number of hydrogen-bond donors (Lipinski definition) is 0. The molecule has 3 rings (SSSR count). The third-order valence-corrected chi connectivity index (χ3v) is 3.14. The molecule has 1 aromatic rings. The maximum Gasteiger partial charge on any atom is 0.231 e. The molecule has 3 heteroatoms. The number of fused-ring (bicyclic) bond motifs is 1. The summed E-state index contributed by atoms with van der Waals surface area (Å²) in [6.07, 6.45) is 0.894. The summed E-state index contributed by atoms with van der Waals surface area (Å²) >= 11 is 0. The highest BCUT2D eigenvalue weighted by Gasteiger charge is 2.30. The van der Waals surface area contributed by atoms with Crippen LogP contribution in [0.3, 0.4) is 0 Å². The van der Waals surface area contributed by atoms with E-state index in [0.29, 0.717) is 6.79 Å². The Morgan fingerprint density at radius 2 is 2.19 bits per heavy atom. The fraction of sp³-hybridized carbons (Fsp3) is 0.385. The zero-order valence-corrected chi connectivity index (χ0v) is 9.29. The standard InChI is InChI=1S/C13H14O3/c1-8-3-4-10-13(16-7-15-10)11(8)12-9(2)5-6-14-12/h3-4,12H,2,5-7H2,1H3. The molecule has 1 unspecified atom stereocenters. The molecule has 0 aromatic heterocycles. The van der Waals surface area contributed by atoms with Gasteiger partial charge in [-0.2, -0.15) is 0 Å². The van der Waals surface area contributed by atoms with Crippen molar-refractivity contribution in [3.05, 3.63) is 35.4 Å². The molecule has 1 fully saturated rings. The number of ether oxygens (including phenoxy) is 3. The van der Waals surface area contributed by atoms with E-state index in [1.807, 2.05) is 12.1 Å². The first-order chi connectivity index (χ1) is 7.77. The molecular formula is C13H14O3. The Labute approximate surface area is 94.6 Å². The molecule has 0 saturated carbocycles. The number of aryl methyl sites for hydroxylation is 1. The second-order valence-corrected chi connectivity index (χ2v) is 4.19. The van der Waals surface area contributed by atoms with E-state index in [-0.39, 0.29) is 6.10 Å². The van der Waals surface area contributed by atoms with Crippen LogP contribution >= 0.6 is 0 Å². The molecule has 0 radical (unpaired) electrons. The lowest BCUT2D eigenvalue weighted by Gasteiger charge is -2.16. The minimum Gasteiger partial charge on any atom is -0.454 e. The Bertz CT molecular complexity index is 451. The van der Waals surface area contributed by atoms with Crippen LogP contribution in [0.5, 0.6) is 11.5 Å². The monoisotopic (exact) mass is 218 g/mol. The van der Waals surface area contributed by atoms with Gasteiger partial charge in [-0.3, -0.25) is 0 Å². The van der Waals surface area contributed by atoms with Crippen LogP contribution in [0, 0.1) is 6.92 Å². The summed E-state index contributed by atoms with van der Waals surface area (Å²) in [6, 6.07) is 3.98. The van der Waals surface area contributed by atoms with E-state index in [1.54, 1.807) is 0 Å². The van der Waals surface area contributed by atoms with E-state index in [2.05, 4.69) is 13.5 Å². The van der Waals surface area contributed by atoms with Gasteiger partial charge in [-0.05, 0) is 30.5 Å². The lowest BCUT2D eigenvalue weighted by atomic mass is 9.97. The van der Waals surface area contributed by atoms with Gasteiger partial charge in [0.25, 0.3) is 0 Å². The molecule has 1 saturated heterocycles. The maximum atomic E-state index is 5.72. The molecule has 1 aromatic carbocycles. The number of rotatable bonds is 1. The van der Waals surface area contributed by atoms with Crippen LogP contribution in [0.1, 0.15) is 23.7 Å². The second-order valence-electron chi connectivity index (χ2n) is 4.19. The highest BCUT2D eigenvalue weighted by atomic mass is 16.7. The first-order valence-corrected chi connectivity index (χ1v) is 5.46. The molecule has 0 bridgehead atoms. The third kappa shape index (κ3) is 1.32. The second kappa shape index (κ2) is 3.52. The molecule has 2 aliphatic heterocycles. The van der Waals surface area contributed by atoms with Crippen molar-refractivity contribution in [3.8, 4) is 11.5 Å². The van der Waals surface area contributed by atoms with E-state index in [9.17, 15) is 0 Å². The van der Waals surface area contributed by atoms with Gasteiger partial charge in [0.2, 0.25) is 6.79 Å². The van der Waals surface area contributed by atoms with Crippen LogP contribution in [0.2, 0.25) is 0 Å². The molecule has 0 amide bonds. The van der Waals surface area contributed by atoms with Crippen molar-refractivity contribution >= 4 is 0 Å². The largest absolute Gasteiger partial charge is 0.454 e. The van der Waals surface area contributed by atoms with E-state index >= 15 is 0 Å². The van der Waals surface area contributed by atoms with Crippen molar-refractivity contribution < 1.29 is 14.2 Å². The van der Waals surface area contributed by atoms with Crippen molar-refractivity contribution in [2.45, 2.75) is 19.4 Å². The summed E-state index contributed by atoms with van der Waals surface area (Å²) in [5, 5.41) is 0. The van der Waals surface area contributed by atoms with Crippen LogP contribution in [-0.4, -0.2) is 13.4 Å². The Kier molecular flexibility index (Phi) is 2.14. The predicted molar refractivity (Wildman–Crippen MR) is 59.8 cm³/mol. The lowest BCUT2D eigenvalue weighted by Crippen LogP contribution is -2.02. The first kappa shape index (κ1) is 9.73. The number of benzene rings is 1. The summed E-state index contributed by atoms with van der Waals surface area (Å²) < 4.78 is 16.6. The molecule has 0 aliphatic carbocycles. The average Bonchev–Trinajstić information content (AvgIpc) is 2.87. The van der Waals surface area contributed by atoms with Gasteiger partial charge in [0.05, 0.1) is 6.61 Å². The van der Waals surface area contributed by atoms with Gasteiger partial charge < -0.3 is 14.2 Å². The summed E-state index contributed by atoms with van der Waals surface area (Å²) in [7, 11) is 0. The van der Waals surface area contributed by atoms with Crippen LogP contribution < -0.4 is 9.47 Å². The van der Waals surface area contributed by atoms with Crippen LogP contribution in [0.15, 0.2) is 24.3 Å². The summed E-state index contributed by atoms with van der Waals surface area (Å²) in [5.41, 5.74) is 3.36. The predicted octanol–water partition coefficient (Wildman–Crippen LogP) is 2.74. The molecule has 0 spiro atoms. The van der Waals surface area contributed by atoms with E-state index in [0.717, 1.165) is 41.2 Å². The van der Waals surface area contributed by atoms with Gasteiger partial charge in [-0.25, -0.2) is 0 Å². The average molecular weight is 218 g/mol. The van der Waals surface area contributed by atoms with Crippen molar-refractivity contribution in [2.24, 2.45) is 0 Å². The zero-order valence-electron chi connectivity index (χ0n) is 9.29. The Balaban J connectivity index is 2.12. The van der Waals surface area contributed by atoms with Crippen molar-refractivity contribution in [1.82, 2.24) is 0 Å². The fourth-order valence-electron chi connectivity index (χ4n) is 2.26. The summed E-state index contributed by atoms with van der Waals surface area (Å²) in [5.74, 6) is 1.64. The highest BCUT2D eigenvalue weighted by Crippen LogP contribution is 2.45. The van der Waals surface area contributed by atoms with Crippen molar-refractivity contribution in [1.29, 1.82) is 0 Å². The molecule has 84 valence electrons. The highest BCUT2D eigenvalue weighted by molar-refractivity contribution is 5.54. The minimum absolute atomic E-state index is 0.0309. The van der Waals surface area contributed by atoms with Crippen LogP contribution in [0.4, 0.5) is 0 Å². The van der Waals surface area contributed by atoms with Crippen LogP contribution in [-0.2, 0) is 4.74 Å². The van der Waals surface area contributed by atoms with Crippen molar-refractivity contribution in [3.63, 3.8) is 0 Å². The Hall–Kier alpha value is -1.48. The molecule has 16 heavy (non-hydrogen) atoms. The van der Waals surface area contributed by atoms with Gasteiger partial charge in [0.1, 0.15) is 6.10 Å². The SMILES string of the molecule is C=C1CCOC1c1c(C)ccc2c1OCO2. The lowest BCUT2D eigenvalue weighted by molar-refractivity contribution is 0.120. The molecular weight excluding hydrogens is 204 g/mol. The number of hydrogen-bond acceptors (Lipinski definition) is 3. The smallest absolute Gasteiger partial charge is 0.231 e. The fourth-order valence-corrected chi connectivity index (χ4v) is 2.26. The molecule has 1 atom stereocenters. The first-order valence-electron chi connectivity index (χ1n) is 5.46. The molecule has 2 aliphatic rings. The summed E-state index contributed by atoms with van der Waals surface area (Å²) in [4.78, 5) is 0. The van der Waals surface area contributed by atoms with Gasteiger partial charge in [-0.1, -0.05) is 12.6 Å². The maximum absolute atomic E-state index is 5.72. The van der Waals surface area contributed by atoms with E-state index in [1.165, 1.54) is 0 Å². The van der Waals surface area contributed by atoms with Crippen LogP contribution in [0.25, 0.3) is 0 Å². The molecule has 0 N–H and O–H groups in total. The third-order valence-electron chi connectivity index (χ3n) is 3.14.